The third-order valence-corrected chi connectivity index (χ3v) is 5.00. The van der Waals surface area contributed by atoms with Gasteiger partial charge in [-0.3, -0.25) is 4.90 Å². The molecule has 0 saturated carbocycles. The zero-order chi connectivity index (χ0) is 21.8. The Morgan fingerprint density at radius 3 is 2.55 bits per heavy atom. The molecule has 1 fully saturated rings. The minimum absolute atomic E-state index is 0.0494. The number of nitrogens with one attached hydrogen (secondary N) is 1. The van der Waals surface area contributed by atoms with Crippen molar-refractivity contribution in [1.82, 2.24) is 19.9 Å². The maximum atomic E-state index is 13.7. The van der Waals surface area contributed by atoms with E-state index in [2.05, 4.69) is 20.4 Å². The number of hydrogen-bond acceptors (Lipinski definition) is 6. The van der Waals surface area contributed by atoms with E-state index < -0.39 is 17.7 Å². The number of rotatable bonds is 5. The first kappa shape index (κ1) is 20.7. The molecule has 1 aromatic heterocycles. The van der Waals surface area contributed by atoms with Crippen LogP contribution in [0.5, 0.6) is 5.75 Å². The van der Waals surface area contributed by atoms with Crippen LogP contribution in [0.4, 0.5) is 19.3 Å². The molecular weight excluding hydrogens is 408 g/mol. The molecule has 1 N–H and O–H groups in total. The molecule has 0 aliphatic carbocycles. The predicted molar refractivity (Wildman–Crippen MR) is 109 cm³/mol. The second-order valence-corrected chi connectivity index (χ2v) is 7.06. The van der Waals surface area contributed by atoms with Crippen molar-refractivity contribution in [3.8, 4) is 17.2 Å². The van der Waals surface area contributed by atoms with Gasteiger partial charge in [0.2, 0.25) is 0 Å². The highest BCUT2D eigenvalue weighted by molar-refractivity contribution is 5.89. The van der Waals surface area contributed by atoms with E-state index in [1.54, 1.807) is 12.0 Å². The number of carbonyl (C=O) groups is 1. The van der Waals surface area contributed by atoms with Crippen molar-refractivity contribution in [2.45, 2.75) is 6.54 Å². The normalized spacial score (nSPS) is 14.5. The number of hydrogen-bond donors (Lipinski definition) is 1. The summed E-state index contributed by atoms with van der Waals surface area (Å²) in [4.78, 5) is 20.5. The third kappa shape index (κ3) is 4.97. The van der Waals surface area contributed by atoms with Gasteiger partial charge in [-0.15, -0.1) is 0 Å². The molecule has 2 heterocycles. The number of halogens is 2. The van der Waals surface area contributed by atoms with E-state index in [0.717, 1.165) is 23.4 Å². The fourth-order valence-electron chi connectivity index (χ4n) is 3.26. The van der Waals surface area contributed by atoms with Gasteiger partial charge in [-0.25, -0.2) is 13.6 Å². The van der Waals surface area contributed by atoms with E-state index in [1.807, 2.05) is 24.3 Å². The molecule has 0 unspecified atom stereocenters. The van der Waals surface area contributed by atoms with Crippen molar-refractivity contribution >= 4 is 11.7 Å². The van der Waals surface area contributed by atoms with Crippen molar-refractivity contribution in [2.24, 2.45) is 0 Å². The highest BCUT2D eigenvalue weighted by Crippen LogP contribution is 2.21. The van der Waals surface area contributed by atoms with Crippen LogP contribution >= 0.6 is 0 Å². The molecule has 31 heavy (non-hydrogen) atoms. The van der Waals surface area contributed by atoms with E-state index in [9.17, 15) is 13.6 Å². The summed E-state index contributed by atoms with van der Waals surface area (Å²) in [5.74, 6) is 0.221. The lowest BCUT2D eigenvalue weighted by molar-refractivity contribution is 0.140. The Morgan fingerprint density at radius 1 is 1.13 bits per heavy atom. The molecular formula is C21H21F2N5O3. The van der Waals surface area contributed by atoms with Crippen molar-refractivity contribution in [3.63, 3.8) is 0 Å². The number of amides is 2. The SMILES string of the molecule is COc1ccc(-c2nc(CN3CCN(C(=O)Nc4ccc(F)cc4F)CC3)no2)cc1. The number of piperazine rings is 1. The summed E-state index contributed by atoms with van der Waals surface area (Å²) in [6.45, 7) is 2.61. The first-order chi connectivity index (χ1) is 15.0. The maximum absolute atomic E-state index is 13.7. The molecule has 0 atom stereocenters. The Kier molecular flexibility index (Phi) is 6.08. The van der Waals surface area contributed by atoms with E-state index in [1.165, 1.54) is 6.07 Å². The van der Waals surface area contributed by atoms with Crippen LogP contribution in [0.25, 0.3) is 11.5 Å². The monoisotopic (exact) mass is 429 g/mol. The van der Waals surface area contributed by atoms with Crippen LogP contribution in [0.3, 0.4) is 0 Å². The molecule has 1 aliphatic rings. The molecule has 10 heteroatoms. The molecule has 2 amide bonds. The number of ether oxygens (including phenoxy) is 1. The fourth-order valence-corrected chi connectivity index (χ4v) is 3.26. The van der Waals surface area contributed by atoms with E-state index in [0.29, 0.717) is 44.4 Å². The second-order valence-electron chi connectivity index (χ2n) is 7.06. The van der Waals surface area contributed by atoms with Crippen LogP contribution in [0.1, 0.15) is 5.82 Å². The quantitative estimate of drug-likeness (QED) is 0.670. The standard InChI is InChI=1S/C21H21F2N5O3/c1-30-16-5-2-14(3-6-16)20-25-19(26-31-20)13-27-8-10-28(11-9-27)21(29)24-18-7-4-15(22)12-17(18)23/h2-7,12H,8-11,13H2,1H3,(H,24,29). The van der Waals surface area contributed by atoms with E-state index >= 15 is 0 Å². The van der Waals surface area contributed by atoms with Gasteiger partial charge in [0, 0.05) is 37.8 Å². The maximum Gasteiger partial charge on any atom is 0.322 e. The van der Waals surface area contributed by atoms with Gasteiger partial charge in [-0.1, -0.05) is 5.16 Å². The van der Waals surface area contributed by atoms with Gasteiger partial charge in [0.25, 0.3) is 5.89 Å². The number of methoxy groups -OCH3 is 1. The fraction of sp³-hybridized carbons (Fsp3) is 0.286. The van der Waals surface area contributed by atoms with Crippen LogP contribution in [0.2, 0.25) is 0 Å². The summed E-state index contributed by atoms with van der Waals surface area (Å²) in [5.41, 5.74) is 0.751. The molecule has 3 aromatic rings. The summed E-state index contributed by atoms with van der Waals surface area (Å²) < 4.78 is 37.2. The zero-order valence-electron chi connectivity index (χ0n) is 16.8. The average Bonchev–Trinajstić information content (AvgIpc) is 3.24. The lowest BCUT2D eigenvalue weighted by atomic mass is 10.2. The minimum Gasteiger partial charge on any atom is -0.497 e. The number of nitrogens with zero attached hydrogens (tertiary/aromatic N) is 4. The van der Waals surface area contributed by atoms with Gasteiger partial charge >= 0.3 is 6.03 Å². The van der Waals surface area contributed by atoms with E-state index in [4.69, 9.17) is 9.26 Å². The van der Waals surface area contributed by atoms with Crippen LogP contribution in [-0.2, 0) is 6.54 Å². The van der Waals surface area contributed by atoms with Crippen LogP contribution in [0, 0.1) is 11.6 Å². The third-order valence-electron chi connectivity index (χ3n) is 5.00. The highest BCUT2D eigenvalue weighted by Gasteiger charge is 2.23. The smallest absolute Gasteiger partial charge is 0.322 e. The highest BCUT2D eigenvalue weighted by atomic mass is 19.1. The van der Waals surface area contributed by atoms with Gasteiger partial charge in [0.05, 0.1) is 19.3 Å². The zero-order valence-corrected chi connectivity index (χ0v) is 16.8. The van der Waals surface area contributed by atoms with Crippen molar-refractivity contribution in [1.29, 1.82) is 0 Å². The lowest BCUT2D eigenvalue weighted by Crippen LogP contribution is -2.49. The summed E-state index contributed by atoms with van der Waals surface area (Å²) in [6.07, 6.45) is 0. The number of carbonyl (C=O) groups excluding carboxylic acids is 1. The Labute approximate surface area is 177 Å². The summed E-state index contributed by atoms with van der Waals surface area (Å²) in [5, 5.41) is 6.51. The Bertz CT molecular complexity index is 1050. The Hall–Kier alpha value is -3.53. The second kappa shape index (κ2) is 9.09. The molecule has 8 nitrogen and oxygen atoms in total. The van der Waals surface area contributed by atoms with Crippen LogP contribution in [-0.4, -0.2) is 59.3 Å². The molecule has 1 saturated heterocycles. The summed E-state index contributed by atoms with van der Waals surface area (Å²) in [6, 6.07) is 9.94. The van der Waals surface area contributed by atoms with Crippen molar-refractivity contribution in [3.05, 3.63) is 59.9 Å². The first-order valence-corrected chi connectivity index (χ1v) is 9.72. The molecule has 2 aromatic carbocycles. The molecule has 0 radical (unpaired) electrons. The van der Waals surface area contributed by atoms with Crippen molar-refractivity contribution < 1.29 is 22.8 Å². The Morgan fingerprint density at radius 2 is 1.87 bits per heavy atom. The molecule has 4 rings (SSSR count). The molecule has 1 aliphatic heterocycles. The summed E-state index contributed by atoms with van der Waals surface area (Å²) in [7, 11) is 1.60. The summed E-state index contributed by atoms with van der Waals surface area (Å²) >= 11 is 0. The molecule has 0 spiro atoms. The van der Waals surface area contributed by atoms with Crippen LogP contribution < -0.4 is 10.1 Å². The lowest BCUT2D eigenvalue weighted by Gasteiger charge is -2.34. The number of benzene rings is 2. The van der Waals surface area contributed by atoms with Gasteiger partial charge in [-0.2, -0.15) is 4.98 Å². The molecule has 162 valence electrons. The average molecular weight is 429 g/mol. The van der Waals surface area contributed by atoms with Crippen LogP contribution in [0.15, 0.2) is 47.0 Å². The van der Waals surface area contributed by atoms with Gasteiger partial charge in [-0.05, 0) is 36.4 Å². The largest absolute Gasteiger partial charge is 0.497 e. The topological polar surface area (TPSA) is 83.7 Å². The molecule has 0 bridgehead atoms. The Balaban J connectivity index is 1.29. The van der Waals surface area contributed by atoms with Gasteiger partial charge in [0.15, 0.2) is 5.82 Å². The predicted octanol–water partition coefficient (Wildman–Crippen LogP) is 3.37. The number of urea groups is 1. The van der Waals surface area contributed by atoms with Gasteiger partial charge < -0.3 is 19.5 Å². The van der Waals surface area contributed by atoms with Gasteiger partial charge in [0.1, 0.15) is 17.4 Å². The number of anilines is 1. The minimum atomic E-state index is -0.809. The van der Waals surface area contributed by atoms with E-state index in [-0.39, 0.29) is 5.69 Å². The number of aromatic nitrogens is 2. The van der Waals surface area contributed by atoms with Crippen molar-refractivity contribution in [2.75, 3.05) is 38.6 Å². The first-order valence-electron chi connectivity index (χ1n) is 9.72.